The quantitative estimate of drug-likeness (QED) is 0.798. The van der Waals surface area contributed by atoms with E-state index in [1.54, 1.807) is 12.1 Å². The van der Waals surface area contributed by atoms with E-state index in [-0.39, 0.29) is 17.9 Å². The molecule has 0 radical (unpaired) electrons. The fraction of sp³-hybridized carbons (Fsp3) is 0.200. The van der Waals surface area contributed by atoms with Gasteiger partial charge in [-0.3, -0.25) is 4.79 Å². The van der Waals surface area contributed by atoms with Gasteiger partial charge in [0.2, 0.25) is 0 Å². The highest BCUT2D eigenvalue weighted by Crippen LogP contribution is 2.20. The Kier molecular flexibility index (Phi) is 3.31. The minimum Gasteiger partial charge on any atom is -0.329 e. The van der Waals surface area contributed by atoms with Gasteiger partial charge < -0.3 is 10.3 Å². The van der Waals surface area contributed by atoms with Gasteiger partial charge in [0.05, 0.1) is 5.69 Å². The van der Waals surface area contributed by atoms with Crippen molar-refractivity contribution in [3.8, 4) is 11.3 Å². The van der Waals surface area contributed by atoms with E-state index in [0.29, 0.717) is 17.9 Å². The summed E-state index contributed by atoms with van der Waals surface area (Å²) in [5.41, 5.74) is 8.31. The number of benzene rings is 1. The molecule has 5 nitrogen and oxygen atoms in total. The molecule has 21 heavy (non-hydrogen) atoms. The number of rotatable bonds is 3. The molecule has 0 unspecified atom stereocenters. The number of aromatic nitrogens is 3. The van der Waals surface area contributed by atoms with Gasteiger partial charge in [0.25, 0.3) is 5.56 Å². The predicted octanol–water partition coefficient (Wildman–Crippen LogP) is 1.78. The third kappa shape index (κ3) is 2.23. The fourth-order valence-electron chi connectivity index (χ4n) is 2.45. The molecule has 3 rings (SSSR count). The molecule has 0 saturated carbocycles. The van der Waals surface area contributed by atoms with Crippen LogP contribution < -0.4 is 11.3 Å². The van der Waals surface area contributed by atoms with Gasteiger partial charge >= 0.3 is 0 Å². The van der Waals surface area contributed by atoms with E-state index >= 15 is 0 Å². The average Bonchev–Trinajstić information content (AvgIpc) is 2.93. The van der Waals surface area contributed by atoms with Crippen molar-refractivity contribution in [2.24, 2.45) is 5.73 Å². The highest BCUT2D eigenvalue weighted by molar-refractivity contribution is 5.64. The molecule has 0 atom stereocenters. The van der Waals surface area contributed by atoms with Crippen molar-refractivity contribution in [2.45, 2.75) is 20.0 Å². The normalized spacial score (nSPS) is 11.2. The zero-order valence-electron chi connectivity index (χ0n) is 11.6. The van der Waals surface area contributed by atoms with Crippen LogP contribution in [0.25, 0.3) is 16.9 Å². The van der Waals surface area contributed by atoms with E-state index in [1.807, 2.05) is 17.6 Å². The summed E-state index contributed by atoms with van der Waals surface area (Å²) in [7, 11) is 0. The monoisotopic (exact) mass is 286 g/mol. The summed E-state index contributed by atoms with van der Waals surface area (Å²) in [6.45, 7) is 2.95. The van der Waals surface area contributed by atoms with E-state index < -0.39 is 0 Å². The van der Waals surface area contributed by atoms with Gasteiger partial charge in [-0.05, 0) is 31.2 Å². The first-order valence-electron chi connectivity index (χ1n) is 6.72. The van der Waals surface area contributed by atoms with Crippen LogP contribution in [0.3, 0.4) is 0 Å². The Morgan fingerprint density at radius 3 is 2.57 bits per heavy atom. The van der Waals surface area contributed by atoms with Crippen LogP contribution >= 0.6 is 0 Å². The van der Waals surface area contributed by atoms with Gasteiger partial charge in [-0.1, -0.05) is 0 Å². The third-order valence-corrected chi connectivity index (χ3v) is 3.48. The molecular formula is C15H15FN4O. The van der Waals surface area contributed by atoms with Crippen molar-refractivity contribution in [1.82, 2.24) is 14.2 Å². The molecule has 2 N–H and O–H groups in total. The van der Waals surface area contributed by atoms with Crippen molar-refractivity contribution in [1.29, 1.82) is 0 Å². The van der Waals surface area contributed by atoms with Crippen molar-refractivity contribution in [2.75, 3.05) is 0 Å². The lowest BCUT2D eigenvalue weighted by molar-refractivity contribution is 0.628. The summed E-state index contributed by atoms with van der Waals surface area (Å²) in [6.07, 6.45) is 0. The van der Waals surface area contributed by atoms with Crippen LogP contribution in [0.2, 0.25) is 0 Å². The maximum absolute atomic E-state index is 13.0. The van der Waals surface area contributed by atoms with E-state index in [1.165, 1.54) is 22.7 Å². The second-order valence-corrected chi connectivity index (χ2v) is 4.73. The topological polar surface area (TPSA) is 65.3 Å². The molecule has 0 aliphatic rings. The highest BCUT2D eigenvalue weighted by atomic mass is 19.1. The van der Waals surface area contributed by atoms with Crippen LogP contribution in [0, 0.1) is 5.82 Å². The molecule has 0 aliphatic heterocycles. The largest absolute Gasteiger partial charge is 0.329 e. The number of aryl methyl sites for hydroxylation is 1. The number of nitrogens with two attached hydrogens (primary N) is 1. The smallest absolute Gasteiger partial charge is 0.274 e. The van der Waals surface area contributed by atoms with E-state index in [2.05, 4.69) is 5.10 Å². The minimum atomic E-state index is -0.305. The van der Waals surface area contributed by atoms with E-state index in [0.717, 1.165) is 11.3 Å². The van der Waals surface area contributed by atoms with Crippen molar-refractivity contribution < 1.29 is 4.39 Å². The number of nitrogens with zero attached hydrogens (tertiary/aromatic N) is 3. The standard InChI is InChI=1S/C15H15FN4O/c1-2-19-12(9-17)7-15(21)20-14(19)8-13(18-20)10-3-5-11(16)6-4-10/h3-8H,2,9,17H2,1H3. The first-order chi connectivity index (χ1) is 10.1. The van der Waals surface area contributed by atoms with Crippen LogP contribution in [-0.4, -0.2) is 14.2 Å². The van der Waals surface area contributed by atoms with Gasteiger partial charge in [0.15, 0.2) is 0 Å². The van der Waals surface area contributed by atoms with Crippen LogP contribution in [0.5, 0.6) is 0 Å². The zero-order chi connectivity index (χ0) is 15.0. The predicted molar refractivity (Wildman–Crippen MR) is 78.4 cm³/mol. The van der Waals surface area contributed by atoms with E-state index in [4.69, 9.17) is 5.73 Å². The van der Waals surface area contributed by atoms with Crippen molar-refractivity contribution >= 4 is 5.65 Å². The van der Waals surface area contributed by atoms with Crippen molar-refractivity contribution in [3.63, 3.8) is 0 Å². The van der Waals surface area contributed by atoms with Crippen molar-refractivity contribution in [3.05, 3.63) is 58.3 Å². The molecule has 0 saturated heterocycles. The number of halogens is 1. The Morgan fingerprint density at radius 1 is 1.24 bits per heavy atom. The maximum Gasteiger partial charge on any atom is 0.274 e. The summed E-state index contributed by atoms with van der Waals surface area (Å²) in [5.74, 6) is -0.305. The number of fused-ring (bicyclic) bond motifs is 1. The zero-order valence-corrected chi connectivity index (χ0v) is 11.6. The maximum atomic E-state index is 13.0. The Morgan fingerprint density at radius 2 is 1.95 bits per heavy atom. The molecule has 0 aliphatic carbocycles. The summed E-state index contributed by atoms with van der Waals surface area (Å²) in [4.78, 5) is 12.1. The molecule has 6 heteroatoms. The Labute approximate surface area is 120 Å². The summed E-state index contributed by atoms with van der Waals surface area (Å²) in [5, 5.41) is 4.32. The molecule has 0 fully saturated rings. The second kappa shape index (κ2) is 5.14. The molecule has 0 bridgehead atoms. The minimum absolute atomic E-state index is 0.219. The lowest BCUT2D eigenvalue weighted by Crippen LogP contribution is -2.22. The van der Waals surface area contributed by atoms with Crippen LogP contribution in [0.1, 0.15) is 12.6 Å². The molecule has 2 aromatic heterocycles. The summed E-state index contributed by atoms with van der Waals surface area (Å²) in [6, 6.07) is 9.34. The molecule has 3 aromatic rings. The van der Waals surface area contributed by atoms with Gasteiger partial charge in [-0.15, -0.1) is 0 Å². The molecule has 0 amide bonds. The lowest BCUT2D eigenvalue weighted by Gasteiger charge is -2.10. The van der Waals surface area contributed by atoms with Crippen LogP contribution in [0.15, 0.2) is 41.2 Å². The number of hydrogen-bond acceptors (Lipinski definition) is 3. The second-order valence-electron chi connectivity index (χ2n) is 4.73. The fourth-order valence-corrected chi connectivity index (χ4v) is 2.45. The molecule has 108 valence electrons. The highest BCUT2D eigenvalue weighted by Gasteiger charge is 2.12. The van der Waals surface area contributed by atoms with Gasteiger partial charge in [0, 0.05) is 36.5 Å². The third-order valence-electron chi connectivity index (χ3n) is 3.48. The van der Waals surface area contributed by atoms with Gasteiger partial charge in [-0.2, -0.15) is 9.61 Å². The number of hydrogen-bond donors (Lipinski definition) is 1. The van der Waals surface area contributed by atoms with Crippen LogP contribution in [0.4, 0.5) is 4.39 Å². The molecule has 0 spiro atoms. The lowest BCUT2D eigenvalue weighted by atomic mass is 10.1. The molecular weight excluding hydrogens is 271 g/mol. The van der Waals surface area contributed by atoms with Gasteiger partial charge in [0.1, 0.15) is 11.5 Å². The Bertz CT molecular complexity index is 848. The van der Waals surface area contributed by atoms with Crippen LogP contribution in [-0.2, 0) is 13.1 Å². The Balaban J connectivity index is 2.26. The first kappa shape index (κ1) is 13.5. The SMILES string of the molecule is CCn1c(CN)cc(=O)n2nc(-c3ccc(F)cc3)cc12. The van der Waals surface area contributed by atoms with Gasteiger partial charge in [-0.25, -0.2) is 4.39 Å². The summed E-state index contributed by atoms with van der Waals surface area (Å²) >= 11 is 0. The van der Waals surface area contributed by atoms with E-state index in [9.17, 15) is 9.18 Å². The molecule has 1 aromatic carbocycles. The average molecular weight is 286 g/mol. The Hall–Kier alpha value is -2.47. The first-order valence-corrected chi connectivity index (χ1v) is 6.72. The summed E-state index contributed by atoms with van der Waals surface area (Å²) < 4.78 is 16.3. The molecule has 2 heterocycles.